The van der Waals surface area contributed by atoms with Crippen LogP contribution in [0.5, 0.6) is 5.75 Å². The van der Waals surface area contributed by atoms with Crippen molar-refractivity contribution < 1.29 is 19.1 Å². The van der Waals surface area contributed by atoms with E-state index in [9.17, 15) is 9.59 Å². The van der Waals surface area contributed by atoms with Crippen molar-refractivity contribution >= 4 is 11.9 Å². The number of hydrogen-bond acceptors (Lipinski definition) is 4. The van der Waals surface area contributed by atoms with Gasteiger partial charge in [0.15, 0.2) is 0 Å². The molecule has 1 N–H and O–H groups in total. The minimum Gasteiger partial charge on any atom is -0.496 e. The molecule has 1 aliphatic heterocycles. The Hall–Kier alpha value is -3.06. The van der Waals surface area contributed by atoms with Gasteiger partial charge in [-0.1, -0.05) is 30.3 Å². The van der Waals surface area contributed by atoms with Gasteiger partial charge in [0, 0.05) is 38.3 Å². The normalized spacial score (nSPS) is 14.2. The van der Waals surface area contributed by atoms with Gasteiger partial charge in [0.05, 0.1) is 19.3 Å². The van der Waals surface area contributed by atoms with E-state index in [2.05, 4.69) is 11.4 Å². The lowest BCUT2D eigenvalue weighted by atomic mass is 10.1. The monoisotopic (exact) mass is 453 g/mol. The molecule has 2 aromatic carbocycles. The van der Waals surface area contributed by atoms with Crippen molar-refractivity contribution in [2.45, 2.75) is 46.4 Å². The lowest BCUT2D eigenvalue weighted by Crippen LogP contribution is -2.53. The number of benzene rings is 2. The number of nitrogens with one attached hydrogen (secondary N) is 1. The van der Waals surface area contributed by atoms with E-state index in [1.807, 2.05) is 58.0 Å². The molecule has 0 aliphatic carbocycles. The van der Waals surface area contributed by atoms with E-state index in [0.29, 0.717) is 50.6 Å². The van der Waals surface area contributed by atoms with Crippen LogP contribution >= 0.6 is 0 Å². The average Bonchev–Trinajstić information content (AvgIpc) is 2.81. The maximum Gasteiger partial charge on any atom is 0.317 e. The second kappa shape index (κ2) is 10.7. The lowest BCUT2D eigenvalue weighted by molar-refractivity contribution is -0.0149. The quantitative estimate of drug-likeness (QED) is 0.718. The maximum atomic E-state index is 12.9. The van der Waals surface area contributed by atoms with Gasteiger partial charge in [0.2, 0.25) is 0 Å². The molecule has 178 valence electrons. The second-order valence-corrected chi connectivity index (χ2v) is 9.34. The Labute approximate surface area is 196 Å². The summed E-state index contributed by atoms with van der Waals surface area (Å²) in [7, 11) is 1.60. The summed E-state index contributed by atoms with van der Waals surface area (Å²) in [6.07, 6.45) is 0. The lowest BCUT2D eigenvalue weighted by Gasteiger charge is -2.34. The minimum absolute atomic E-state index is 0.0392. The number of nitrogens with zero attached hydrogens (tertiary/aromatic N) is 2. The van der Waals surface area contributed by atoms with Crippen molar-refractivity contribution in [1.82, 2.24) is 15.1 Å². The van der Waals surface area contributed by atoms with Crippen molar-refractivity contribution in [2.24, 2.45) is 0 Å². The number of hydrogen-bond donors (Lipinski definition) is 1. The van der Waals surface area contributed by atoms with E-state index in [0.717, 1.165) is 16.7 Å². The zero-order chi connectivity index (χ0) is 24.0. The van der Waals surface area contributed by atoms with E-state index in [-0.39, 0.29) is 17.5 Å². The van der Waals surface area contributed by atoms with Crippen LogP contribution in [0.25, 0.3) is 0 Å². The summed E-state index contributed by atoms with van der Waals surface area (Å²) < 4.78 is 11.2. The molecule has 3 rings (SSSR count). The molecule has 33 heavy (non-hydrogen) atoms. The Morgan fingerprint density at radius 2 is 1.64 bits per heavy atom. The minimum atomic E-state index is -0.195. The van der Waals surface area contributed by atoms with Gasteiger partial charge in [0.1, 0.15) is 5.75 Å². The van der Waals surface area contributed by atoms with Gasteiger partial charge >= 0.3 is 6.03 Å². The summed E-state index contributed by atoms with van der Waals surface area (Å²) in [5.74, 6) is 0.663. The molecule has 0 atom stereocenters. The van der Waals surface area contributed by atoms with E-state index < -0.39 is 0 Å². The summed E-state index contributed by atoms with van der Waals surface area (Å²) in [5, 5.41) is 2.99. The highest BCUT2D eigenvalue weighted by Gasteiger charge is 2.25. The third-order valence-electron chi connectivity index (χ3n) is 5.62. The molecule has 7 nitrogen and oxygen atoms in total. The third-order valence-corrected chi connectivity index (χ3v) is 5.62. The van der Waals surface area contributed by atoms with E-state index in [1.165, 1.54) is 0 Å². The first-order valence-electron chi connectivity index (χ1n) is 11.3. The van der Waals surface area contributed by atoms with Crippen molar-refractivity contribution in [3.8, 4) is 5.75 Å². The van der Waals surface area contributed by atoms with Crippen LogP contribution in [0.15, 0.2) is 42.5 Å². The van der Waals surface area contributed by atoms with Crippen LogP contribution in [0.4, 0.5) is 4.79 Å². The molecule has 0 unspecified atom stereocenters. The van der Waals surface area contributed by atoms with E-state index >= 15 is 0 Å². The molecule has 2 aromatic rings. The topological polar surface area (TPSA) is 71.1 Å². The van der Waals surface area contributed by atoms with Crippen LogP contribution in [-0.4, -0.2) is 60.6 Å². The number of piperazine rings is 1. The van der Waals surface area contributed by atoms with Gasteiger partial charge in [-0.05, 0) is 56.5 Å². The maximum absolute atomic E-state index is 12.9. The highest BCUT2D eigenvalue weighted by molar-refractivity contribution is 5.95. The Kier molecular flexibility index (Phi) is 7.97. The molecule has 1 aliphatic rings. The average molecular weight is 454 g/mol. The van der Waals surface area contributed by atoms with Crippen LogP contribution in [-0.2, 0) is 17.9 Å². The molecule has 1 fully saturated rings. The van der Waals surface area contributed by atoms with Gasteiger partial charge in [-0.3, -0.25) is 4.79 Å². The van der Waals surface area contributed by atoms with Crippen molar-refractivity contribution in [1.29, 1.82) is 0 Å². The predicted molar refractivity (Wildman–Crippen MR) is 128 cm³/mol. The fourth-order valence-electron chi connectivity index (χ4n) is 3.67. The molecule has 0 aromatic heterocycles. The van der Waals surface area contributed by atoms with Gasteiger partial charge in [0.25, 0.3) is 5.91 Å². The Balaban J connectivity index is 1.48. The van der Waals surface area contributed by atoms with Crippen LogP contribution < -0.4 is 10.1 Å². The molecule has 1 heterocycles. The number of methoxy groups -OCH3 is 1. The summed E-state index contributed by atoms with van der Waals surface area (Å²) in [5.41, 5.74) is 3.50. The van der Waals surface area contributed by atoms with Crippen molar-refractivity contribution in [3.05, 3.63) is 64.7 Å². The molecule has 0 spiro atoms. The fraction of sp³-hybridized carbons (Fsp3) is 0.462. The number of carbonyl (C=O) groups is 2. The van der Waals surface area contributed by atoms with Gasteiger partial charge in [-0.25, -0.2) is 4.79 Å². The molecule has 7 heteroatoms. The first-order chi connectivity index (χ1) is 15.7. The van der Waals surface area contributed by atoms with Crippen molar-refractivity contribution in [3.63, 3.8) is 0 Å². The van der Waals surface area contributed by atoms with Crippen LogP contribution in [0.2, 0.25) is 0 Å². The summed E-state index contributed by atoms with van der Waals surface area (Å²) in [4.78, 5) is 29.0. The standard InChI is InChI=1S/C26H35N3O4/c1-19-9-10-22(16-23(19)32-5)24(30)28-11-13-29(14-12-28)25(31)27-17-20-7-6-8-21(15-20)18-33-26(2,3)4/h6-10,15-16H,11-14,17-18H2,1-5H3,(H,27,31). The Bertz CT molecular complexity index is 976. The summed E-state index contributed by atoms with van der Waals surface area (Å²) in [6, 6.07) is 13.4. The first kappa shape index (κ1) is 24.6. The number of amides is 3. The molecular weight excluding hydrogens is 418 g/mol. The molecule has 0 radical (unpaired) electrons. The van der Waals surface area contributed by atoms with Crippen LogP contribution in [0, 0.1) is 6.92 Å². The van der Waals surface area contributed by atoms with Crippen LogP contribution in [0.3, 0.4) is 0 Å². The van der Waals surface area contributed by atoms with Gasteiger partial charge < -0.3 is 24.6 Å². The largest absolute Gasteiger partial charge is 0.496 e. The summed E-state index contributed by atoms with van der Waals surface area (Å²) in [6.45, 7) is 11.0. The molecular formula is C26H35N3O4. The van der Waals surface area contributed by atoms with Gasteiger partial charge in [-0.15, -0.1) is 0 Å². The van der Waals surface area contributed by atoms with Crippen LogP contribution in [0.1, 0.15) is 47.8 Å². The smallest absolute Gasteiger partial charge is 0.317 e. The Morgan fingerprint density at radius 3 is 2.30 bits per heavy atom. The van der Waals surface area contributed by atoms with E-state index in [1.54, 1.807) is 23.0 Å². The Morgan fingerprint density at radius 1 is 0.970 bits per heavy atom. The predicted octanol–water partition coefficient (Wildman–Crippen LogP) is 3.99. The summed E-state index contributed by atoms with van der Waals surface area (Å²) >= 11 is 0. The third kappa shape index (κ3) is 6.96. The number of rotatable bonds is 6. The second-order valence-electron chi connectivity index (χ2n) is 9.34. The molecule has 0 saturated carbocycles. The van der Waals surface area contributed by atoms with Crippen molar-refractivity contribution in [2.75, 3.05) is 33.3 Å². The molecule has 1 saturated heterocycles. The van der Waals surface area contributed by atoms with E-state index in [4.69, 9.17) is 9.47 Å². The number of urea groups is 1. The number of aryl methyl sites for hydroxylation is 1. The molecule has 0 bridgehead atoms. The number of carbonyl (C=O) groups excluding carboxylic acids is 2. The highest BCUT2D eigenvalue weighted by atomic mass is 16.5. The van der Waals surface area contributed by atoms with Gasteiger partial charge in [-0.2, -0.15) is 0 Å². The zero-order valence-corrected chi connectivity index (χ0v) is 20.3. The highest BCUT2D eigenvalue weighted by Crippen LogP contribution is 2.20. The SMILES string of the molecule is COc1cc(C(=O)N2CCN(C(=O)NCc3cccc(COC(C)(C)C)c3)CC2)ccc1C. The molecule has 3 amide bonds. The zero-order valence-electron chi connectivity index (χ0n) is 20.3. The first-order valence-corrected chi connectivity index (χ1v) is 11.3. The fourth-order valence-corrected chi connectivity index (χ4v) is 3.67. The number of ether oxygens (including phenoxy) is 2.